The predicted molar refractivity (Wildman–Crippen MR) is 82.4 cm³/mol. The van der Waals surface area contributed by atoms with E-state index in [1.54, 1.807) is 0 Å². The zero-order valence-electron chi connectivity index (χ0n) is 11.7. The van der Waals surface area contributed by atoms with Crippen LogP contribution in [-0.2, 0) is 4.74 Å². The molecule has 19 heavy (non-hydrogen) atoms. The van der Waals surface area contributed by atoms with E-state index >= 15 is 0 Å². The second-order valence-corrected chi connectivity index (χ2v) is 5.98. The molecule has 1 aliphatic heterocycles. The van der Waals surface area contributed by atoms with Crippen LogP contribution in [0.5, 0.6) is 0 Å². The first-order chi connectivity index (χ1) is 9.19. The molecular weight excluding hydrogens is 304 g/mol. The molecule has 2 rings (SSSR count). The highest BCUT2D eigenvalue weighted by atomic mass is 79.9. The van der Waals surface area contributed by atoms with Gasteiger partial charge >= 0.3 is 0 Å². The Balaban J connectivity index is 1.79. The van der Waals surface area contributed by atoms with Gasteiger partial charge in [0.1, 0.15) is 0 Å². The van der Waals surface area contributed by atoms with Gasteiger partial charge in [0, 0.05) is 30.1 Å². The second kappa shape index (κ2) is 7.39. The third-order valence-electron chi connectivity index (χ3n) is 3.69. The fourth-order valence-corrected chi connectivity index (χ4v) is 2.63. The zero-order chi connectivity index (χ0) is 13.7. The van der Waals surface area contributed by atoms with Crippen LogP contribution in [0.1, 0.15) is 25.5 Å². The van der Waals surface area contributed by atoms with Crippen LogP contribution in [0, 0.1) is 0 Å². The van der Waals surface area contributed by atoms with E-state index in [4.69, 9.17) is 4.74 Å². The van der Waals surface area contributed by atoms with Crippen molar-refractivity contribution < 1.29 is 4.74 Å². The average molecular weight is 327 g/mol. The summed E-state index contributed by atoms with van der Waals surface area (Å²) in [6, 6.07) is 8.84. The van der Waals surface area contributed by atoms with Gasteiger partial charge in [-0.3, -0.25) is 4.90 Å². The van der Waals surface area contributed by atoms with Crippen LogP contribution in [0.4, 0.5) is 0 Å². The number of morpholine rings is 1. The van der Waals surface area contributed by atoms with Crippen LogP contribution in [0.2, 0.25) is 0 Å². The van der Waals surface area contributed by atoms with Gasteiger partial charge in [-0.2, -0.15) is 0 Å². The molecule has 0 aliphatic carbocycles. The molecule has 0 saturated carbocycles. The van der Waals surface area contributed by atoms with Crippen LogP contribution < -0.4 is 5.32 Å². The highest BCUT2D eigenvalue weighted by Crippen LogP contribution is 2.16. The van der Waals surface area contributed by atoms with Gasteiger partial charge in [-0.25, -0.2) is 0 Å². The molecule has 2 atom stereocenters. The molecule has 0 aromatic heterocycles. The SMILES string of the molecule is CCN1CCOC(CN[C@@H](C)c2ccc(Br)cc2)C1. The lowest BCUT2D eigenvalue weighted by atomic mass is 10.1. The summed E-state index contributed by atoms with van der Waals surface area (Å²) in [7, 11) is 0. The Labute approximate surface area is 124 Å². The van der Waals surface area contributed by atoms with Crippen LogP contribution in [0.25, 0.3) is 0 Å². The molecule has 4 heteroatoms. The maximum atomic E-state index is 5.80. The van der Waals surface area contributed by atoms with Crippen molar-refractivity contribution in [2.75, 3.05) is 32.8 Å². The van der Waals surface area contributed by atoms with Gasteiger partial charge in [0.25, 0.3) is 0 Å². The summed E-state index contributed by atoms with van der Waals surface area (Å²) in [6.45, 7) is 9.39. The molecule has 0 bridgehead atoms. The summed E-state index contributed by atoms with van der Waals surface area (Å²) < 4.78 is 6.93. The standard InChI is InChI=1S/C15H23BrN2O/c1-3-18-8-9-19-15(11-18)10-17-12(2)13-4-6-14(16)7-5-13/h4-7,12,15,17H,3,8-11H2,1-2H3/t12-,15?/m0/s1. The first-order valence-electron chi connectivity index (χ1n) is 7.02. The Hall–Kier alpha value is -0.420. The predicted octanol–water partition coefficient (Wildman–Crippen LogP) is 2.82. The largest absolute Gasteiger partial charge is 0.374 e. The maximum absolute atomic E-state index is 5.80. The van der Waals surface area contributed by atoms with Gasteiger partial charge in [0.05, 0.1) is 12.7 Å². The first kappa shape index (κ1) is 15.0. The minimum absolute atomic E-state index is 0.312. The molecule has 1 heterocycles. The number of hydrogen-bond donors (Lipinski definition) is 1. The Bertz CT molecular complexity index is 382. The highest BCUT2D eigenvalue weighted by molar-refractivity contribution is 9.10. The summed E-state index contributed by atoms with van der Waals surface area (Å²) in [5.41, 5.74) is 1.31. The summed E-state index contributed by atoms with van der Waals surface area (Å²) in [6.07, 6.45) is 0.312. The monoisotopic (exact) mass is 326 g/mol. The van der Waals surface area contributed by atoms with E-state index in [-0.39, 0.29) is 0 Å². The van der Waals surface area contributed by atoms with E-state index in [0.29, 0.717) is 12.1 Å². The molecule has 1 unspecified atom stereocenters. The van der Waals surface area contributed by atoms with Crippen LogP contribution in [0.3, 0.4) is 0 Å². The molecule has 1 aliphatic rings. The van der Waals surface area contributed by atoms with E-state index in [9.17, 15) is 0 Å². The minimum Gasteiger partial charge on any atom is -0.374 e. The van der Waals surface area contributed by atoms with Crippen molar-refractivity contribution in [1.29, 1.82) is 0 Å². The van der Waals surface area contributed by atoms with E-state index in [0.717, 1.165) is 37.3 Å². The Kier molecular flexibility index (Phi) is 5.82. The van der Waals surface area contributed by atoms with E-state index < -0.39 is 0 Å². The van der Waals surface area contributed by atoms with E-state index in [2.05, 4.69) is 64.3 Å². The number of rotatable bonds is 5. The summed E-state index contributed by atoms with van der Waals surface area (Å²) in [5.74, 6) is 0. The van der Waals surface area contributed by atoms with E-state index in [1.165, 1.54) is 5.56 Å². The van der Waals surface area contributed by atoms with E-state index in [1.807, 2.05) is 0 Å². The number of nitrogens with one attached hydrogen (secondary N) is 1. The number of halogens is 1. The smallest absolute Gasteiger partial charge is 0.0826 e. The highest BCUT2D eigenvalue weighted by Gasteiger charge is 2.19. The molecule has 1 aromatic carbocycles. The van der Waals surface area contributed by atoms with Crippen molar-refractivity contribution in [3.8, 4) is 0 Å². The van der Waals surface area contributed by atoms with Crippen LogP contribution in [0.15, 0.2) is 28.7 Å². The fraction of sp³-hybridized carbons (Fsp3) is 0.600. The summed E-state index contributed by atoms with van der Waals surface area (Å²) in [4.78, 5) is 2.44. The Morgan fingerprint density at radius 2 is 2.16 bits per heavy atom. The third kappa shape index (κ3) is 4.56. The molecule has 1 aromatic rings. The van der Waals surface area contributed by atoms with Crippen molar-refractivity contribution in [1.82, 2.24) is 10.2 Å². The van der Waals surface area contributed by atoms with Gasteiger partial charge in [-0.15, -0.1) is 0 Å². The molecule has 1 N–H and O–H groups in total. The third-order valence-corrected chi connectivity index (χ3v) is 4.22. The Morgan fingerprint density at radius 1 is 1.42 bits per heavy atom. The second-order valence-electron chi connectivity index (χ2n) is 5.07. The van der Waals surface area contributed by atoms with Gasteiger partial charge in [-0.05, 0) is 31.2 Å². The van der Waals surface area contributed by atoms with Crippen molar-refractivity contribution in [2.24, 2.45) is 0 Å². The zero-order valence-corrected chi connectivity index (χ0v) is 13.3. The summed E-state index contributed by atoms with van der Waals surface area (Å²) >= 11 is 3.46. The lowest BCUT2D eigenvalue weighted by Crippen LogP contribution is -2.46. The lowest BCUT2D eigenvalue weighted by Gasteiger charge is -2.32. The number of hydrogen-bond acceptors (Lipinski definition) is 3. The lowest BCUT2D eigenvalue weighted by molar-refractivity contribution is -0.0262. The average Bonchev–Trinajstić information content (AvgIpc) is 2.46. The number of nitrogens with zero attached hydrogens (tertiary/aromatic N) is 1. The molecule has 0 spiro atoms. The Morgan fingerprint density at radius 3 is 2.84 bits per heavy atom. The topological polar surface area (TPSA) is 24.5 Å². The number of likely N-dealkylation sites (N-methyl/N-ethyl adjacent to an activating group) is 1. The minimum atomic E-state index is 0.312. The molecule has 0 radical (unpaired) electrons. The van der Waals surface area contributed by atoms with Crippen LogP contribution >= 0.6 is 15.9 Å². The normalized spacial score (nSPS) is 22.4. The van der Waals surface area contributed by atoms with Crippen molar-refractivity contribution in [3.63, 3.8) is 0 Å². The molecule has 106 valence electrons. The molecular formula is C15H23BrN2O. The van der Waals surface area contributed by atoms with Crippen LogP contribution in [-0.4, -0.2) is 43.8 Å². The van der Waals surface area contributed by atoms with Crippen molar-refractivity contribution >= 4 is 15.9 Å². The molecule has 1 saturated heterocycles. The van der Waals surface area contributed by atoms with Gasteiger partial charge < -0.3 is 10.1 Å². The van der Waals surface area contributed by atoms with Gasteiger partial charge in [-0.1, -0.05) is 35.0 Å². The molecule has 3 nitrogen and oxygen atoms in total. The van der Waals surface area contributed by atoms with Gasteiger partial charge in [0.2, 0.25) is 0 Å². The summed E-state index contributed by atoms with van der Waals surface area (Å²) in [5, 5.41) is 3.57. The van der Waals surface area contributed by atoms with Crippen molar-refractivity contribution in [3.05, 3.63) is 34.3 Å². The van der Waals surface area contributed by atoms with Gasteiger partial charge in [0.15, 0.2) is 0 Å². The fourth-order valence-electron chi connectivity index (χ4n) is 2.37. The first-order valence-corrected chi connectivity index (χ1v) is 7.81. The number of ether oxygens (including phenoxy) is 1. The maximum Gasteiger partial charge on any atom is 0.0826 e. The quantitative estimate of drug-likeness (QED) is 0.900. The van der Waals surface area contributed by atoms with Crippen molar-refractivity contribution in [2.45, 2.75) is 26.0 Å². The molecule has 1 fully saturated rings. The number of benzene rings is 1. The molecule has 0 amide bonds.